The normalized spacial score (nSPS) is 15.3. The van der Waals surface area contributed by atoms with E-state index >= 15 is 0 Å². The molecule has 2 aromatic rings. The van der Waals surface area contributed by atoms with Crippen molar-refractivity contribution in [2.75, 3.05) is 25.5 Å². The molecule has 0 radical (unpaired) electrons. The fourth-order valence-corrected chi connectivity index (χ4v) is 3.76. The molecule has 0 saturated heterocycles. The molecule has 1 atom stereocenters. The van der Waals surface area contributed by atoms with Crippen molar-refractivity contribution < 1.29 is 4.79 Å². The van der Waals surface area contributed by atoms with Gasteiger partial charge in [0.15, 0.2) is 5.13 Å². The predicted molar refractivity (Wildman–Crippen MR) is 90.4 cm³/mol. The Morgan fingerprint density at radius 3 is 2.73 bits per heavy atom. The summed E-state index contributed by atoms with van der Waals surface area (Å²) < 4.78 is 0. The van der Waals surface area contributed by atoms with E-state index in [1.54, 1.807) is 11.3 Å². The van der Waals surface area contributed by atoms with Crippen LogP contribution in [0.5, 0.6) is 0 Å². The van der Waals surface area contributed by atoms with Gasteiger partial charge in [0.1, 0.15) is 0 Å². The molecule has 0 aliphatic carbocycles. The van der Waals surface area contributed by atoms with Crippen LogP contribution in [-0.4, -0.2) is 36.4 Å². The van der Waals surface area contributed by atoms with Gasteiger partial charge in [-0.3, -0.25) is 4.79 Å². The SMILES string of the molecule is CC(C(=O)N1CCc2nc(N(C)C)sc2C1)c1ccccc1. The minimum atomic E-state index is -0.0935. The summed E-state index contributed by atoms with van der Waals surface area (Å²) in [6, 6.07) is 10.00. The second-order valence-corrected chi connectivity index (χ2v) is 6.96. The number of hydrogen-bond donors (Lipinski definition) is 0. The molecule has 1 aliphatic rings. The highest BCUT2D eigenvalue weighted by Crippen LogP contribution is 2.31. The van der Waals surface area contributed by atoms with E-state index in [1.165, 1.54) is 4.88 Å². The first-order valence-electron chi connectivity index (χ1n) is 7.56. The van der Waals surface area contributed by atoms with Crippen LogP contribution >= 0.6 is 11.3 Å². The summed E-state index contributed by atoms with van der Waals surface area (Å²) in [6.07, 6.45) is 0.854. The van der Waals surface area contributed by atoms with E-state index in [1.807, 2.05) is 61.2 Å². The molecular formula is C17H21N3OS. The summed E-state index contributed by atoms with van der Waals surface area (Å²) in [6.45, 7) is 3.45. The number of amides is 1. The number of benzene rings is 1. The van der Waals surface area contributed by atoms with Gasteiger partial charge in [0.25, 0.3) is 0 Å². The molecule has 0 bridgehead atoms. The molecule has 22 heavy (non-hydrogen) atoms. The summed E-state index contributed by atoms with van der Waals surface area (Å²) in [5.41, 5.74) is 2.24. The Morgan fingerprint density at radius 2 is 2.05 bits per heavy atom. The Labute approximate surface area is 135 Å². The van der Waals surface area contributed by atoms with E-state index in [0.717, 1.165) is 29.4 Å². The monoisotopic (exact) mass is 315 g/mol. The van der Waals surface area contributed by atoms with Crippen molar-refractivity contribution in [1.29, 1.82) is 0 Å². The number of rotatable bonds is 3. The van der Waals surface area contributed by atoms with Gasteiger partial charge in [-0.05, 0) is 12.5 Å². The Kier molecular flexibility index (Phi) is 4.16. The third-order valence-corrected chi connectivity index (χ3v) is 5.33. The minimum Gasteiger partial charge on any atom is -0.354 e. The van der Waals surface area contributed by atoms with Crippen molar-refractivity contribution >= 4 is 22.4 Å². The maximum Gasteiger partial charge on any atom is 0.230 e. The van der Waals surface area contributed by atoms with E-state index in [2.05, 4.69) is 4.98 Å². The Bertz CT molecular complexity index is 666. The van der Waals surface area contributed by atoms with Crippen LogP contribution in [0.4, 0.5) is 5.13 Å². The smallest absolute Gasteiger partial charge is 0.230 e. The van der Waals surface area contributed by atoms with Gasteiger partial charge >= 0.3 is 0 Å². The molecule has 1 aromatic heterocycles. The molecule has 1 aromatic carbocycles. The first-order chi connectivity index (χ1) is 10.6. The number of hydrogen-bond acceptors (Lipinski definition) is 4. The van der Waals surface area contributed by atoms with E-state index in [0.29, 0.717) is 6.54 Å². The second kappa shape index (κ2) is 6.08. The second-order valence-electron chi connectivity index (χ2n) is 5.90. The van der Waals surface area contributed by atoms with Gasteiger partial charge in [-0.2, -0.15) is 0 Å². The van der Waals surface area contributed by atoms with Gasteiger partial charge in [0, 0.05) is 31.9 Å². The summed E-state index contributed by atoms with van der Waals surface area (Å²) in [4.78, 5) is 22.6. The summed E-state index contributed by atoms with van der Waals surface area (Å²) in [7, 11) is 4.01. The lowest BCUT2D eigenvalue weighted by Gasteiger charge is -2.28. The van der Waals surface area contributed by atoms with E-state index in [4.69, 9.17) is 0 Å². The fraction of sp³-hybridized carbons (Fsp3) is 0.412. The summed E-state index contributed by atoms with van der Waals surface area (Å²) in [5.74, 6) is 0.112. The molecule has 116 valence electrons. The molecule has 0 spiro atoms. The zero-order valence-electron chi connectivity index (χ0n) is 13.2. The van der Waals surface area contributed by atoms with Crippen LogP contribution in [0.15, 0.2) is 30.3 Å². The molecule has 0 saturated carbocycles. The van der Waals surface area contributed by atoms with E-state index in [9.17, 15) is 4.79 Å². The molecule has 1 unspecified atom stereocenters. The molecule has 2 heterocycles. The number of aromatic nitrogens is 1. The maximum absolute atomic E-state index is 12.7. The van der Waals surface area contributed by atoms with Crippen LogP contribution in [0.3, 0.4) is 0 Å². The Morgan fingerprint density at radius 1 is 1.32 bits per heavy atom. The largest absolute Gasteiger partial charge is 0.354 e. The molecule has 0 N–H and O–H groups in total. The quantitative estimate of drug-likeness (QED) is 0.874. The van der Waals surface area contributed by atoms with Crippen molar-refractivity contribution in [3.05, 3.63) is 46.5 Å². The number of anilines is 1. The van der Waals surface area contributed by atoms with Gasteiger partial charge < -0.3 is 9.80 Å². The number of carbonyl (C=O) groups excluding carboxylic acids is 1. The van der Waals surface area contributed by atoms with Gasteiger partial charge in [-0.15, -0.1) is 0 Å². The van der Waals surface area contributed by atoms with Crippen LogP contribution < -0.4 is 4.90 Å². The highest BCUT2D eigenvalue weighted by atomic mass is 32.1. The van der Waals surface area contributed by atoms with Crippen molar-refractivity contribution in [3.63, 3.8) is 0 Å². The highest BCUT2D eigenvalue weighted by molar-refractivity contribution is 7.15. The zero-order chi connectivity index (χ0) is 15.7. The van der Waals surface area contributed by atoms with Crippen LogP contribution in [0.25, 0.3) is 0 Å². The summed E-state index contributed by atoms with van der Waals surface area (Å²) >= 11 is 1.69. The van der Waals surface area contributed by atoms with Crippen LogP contribution in [0, 0.1) is 0 Å². The van der Waals surface area contributed by atoms with Gasteiger partial charge in [-0.1, -0.05) is 41.7 Å². The van der Waals surface area contributed by atoms with Crippen LogP contribution in [0.2, 0.25) is 0 Å². The van der Waals surface area contributed by atoms with Gasteiger partial charge in [-0.25, -0.2) is 4.98 Å². The lowest BCUT2D eigenvalue weighted by Crippen LogP contribution is -2.38. The predicted octanol–water partition coefficient (Wildman–Crippen LogP) is 2.90. The number of thiazole rings is 1. The number of nitrogens with zero attached hydrogens (tertiary/aromatic N) is 3. The Hall–Kier alpha value is -1.88. The lowest BCUT2D eigenvalue weighted by molar-refractivity contribution is -0.133. The standard InChI is InChI=1S/C17H21N3OS/c1-12(13-7-5-4-6-8-13)16(21)20-10-9-14-15(11-20)22-17(18-14)19(2)3/h4-8,12H,9-11H2,1-3H3. The van der Waals surface area contributed by atoms with Crippen LogP contribution in [0.1, 0.15) is 29.0 Å². The number of carbonyl (C=O) groups is 1. The average Bonchev–Trinajstić information content (AvgIpc) is 2.97. The fourth-order valence-electron chi connectivity index (χ4n) is 2.72. The summed E-state index contributed by atoms with van der Waals surface area (Å²) in [5, 5.41) is 1.02. The molecular weight excluding hydrogens is 294 g/mol. The molecule has 4 nitrogen and oxygen atoms in total. The third kappa shape index (κ3) is 2.86. The van der Waals surface area contributed by atoms with E-state index < -0.39 is 0 Å². The van der Waals surface area contributed by atoms with Crippen molar-refractivity contribution in [2.45, 2.75) is 25.8 Å². The van der Waals surface area contributed by atoms with E-state index in [-0.39, 0.29) is 11.8 Å². The van der Waals surface area contributed by atoms with Gasteiger partial charge in [0.2, 0.25) is 5.91 Å². The highest BCUT2D eigenvalue weighted by Gasteiger charge is 2.27. The molecule has 1 aliphatic heterocycles. The van der Waals surface area contributed by atoms with Gasteiger partial charge in [0.05, 0.1) is 18.2 Å². The first-order valence-corrected chi connectivity index (χ1v) is 8.37. The van der Waals surface area contributed by atoms with Crippen molar-refractivity contribution in [3.8, 4) is 0 Å². The first kappa shape index (κ1) is 15.0. The van der Waals surface area contributed by atoms with Crippen LogP contribution in [-0.2, 0) is 17.8 Å². The molecule has 5 heteroatoms. The molecule has 0 fully saturated rings. The molecule has 1 amide bonds. The Balaban J connectivity index is 1.75. The average molecular weight is 315 g/mol. The third-order valence-electron chi connectivity index (χ3n) is 4.08. The topological polar surface area (TPSA) is 36.4 Å². The zero-order valence-corrected chi connectivity index (χ0v) is 14.1. The minimum absolute atomic E-state index is 0.0935. The van der Waals surface area contributed by atoms with Crippen molar-refractivity contribution in [2.24, 2.45) is 0 Å². The maximum atomic E-state index is 12.7. The van der Waals surface area contributed by atoms with Crippen molar-refractivity contribution in [1.82, 2.24) is 9.88 Å². The number of fused-ring (bicyclic) bond motifs is 1. The molecule has 3 rings (SSSR count). The lowest BCUT2D eigenvalue weighted by atomic mass is 9.99.